The van der Waals surface area contributed by atoms with Crippen molar-refractivity contribution in [1.82, 2.24) is 4.90 Å². The minimum absolute atomic E-state index is 0.0296. The number of benzene rings is 2. The van der Waals surface area contributed by atoms with Crippen LogP contribution in [0.1, 0.15) is 24.5 Å². The minimum Gasteiger partial charge on any atom is -0.326 e. The zero-order valence-corrected chi connectivity index (χ0v) is 14.4. The number of anilines is 1. The number of hydrogen-bond acceptors (Lipinski definition) is 2. The largest absolute Gasteiger partial charge is 0.326 e. The van der Waals surface area contributed by atoms with E-state index in [1.807, 2.05) is 37.3 Å². The Morgan fingerprint density at radius 1 is 1.17 bits per heavy atom. The summed E-state index contributed by atoms with van der Waals surface area (Å²) in [7, 11) is 0. The summed E-state index contributed by atoms with van der Waals surface area (Å²) in [6.45, 7) is 6.58. The van der Waals surface area contributed by atoms with Crippen LogP contribution in [-0.4, -0.2) is 23.9 Å². The highest BCUT2D eigenvalue weighted by Gasteiger charge is 2.09. The first kappa shape index (κ1) is 17.5. The van der Waals surface area contributed by atoms with Crippen LogP contribution >= 0.6 is 11.6 Å². The second-order valence-corrected chi connectivity index (χ2v) is 6.05. The highest BCUT2D eigenvalue weighted by Crippen LogP contribution is 2.19. The number of carbonyl (C=O) groups is 1. The van der Waals surface area contributed by atoms with E-state index >= 15 is 0 Å². The van der Waals surface area contributed by atoms with Crippen molar-refractivity contribution in [2.24, 2.45) is 0 Å². The predicted molar refractivity (Wildman–Crippen MR) is 96.8 cm³/mol. The maximum absolute atomic E-state index is 12.2. The molecule has 0 aliphatic rings. The van der Waals surface area contributed by atoms with E-state index in [0.29, 0.717) is 11.4 Å². The molecule has 0 saturated heterocycles. The van der Waals surface area contributed by atoms with Crippen LogP contribution in [0.15, 0.2) is 48.5 Å². The molecule has 0 unspecified atom stereocenters. The molecule has 4 heteroatoms. The van der Waals surface area contributed by atoms with E-state index in [-0.39, 0.29) is 5.91 Å². The van der Waals surface area contributed by atoms with Gasteiger partial charge in [-0.2, -0.15) is 0 Å². The molecule has 0 aliphatic heterocycles. The minimum atomic E-state index is 0.0296. The van der Waals surface area contributed by atoms with E-state index in [9.17, 15) is 4.79 Å². The molecule has 0 saturated carbocycles. The summed E-state index contributed by atoms with van der Waals surface area (Å²) >= 11 is 5.93. The Morgan fingerprint density at radius 3 is 2.57 bits per heavy atom. The van der Waals surface area contributed by atoms with Crippen LogP contribution in [0.5, 0.6) is 0 Å². The molecular formula is C19H23ClN2O. The molecule has 23 heavy (non-hydrogen) atoms. The number of hydrogen-bond donors (Lipinski definition) is 1. The number of halogens is 1. The summed E-state index contributed by atoms with van der Waals surface area (Å²) in [5.41, 5.74) is 3.07. The van der Waals surface area contributed by atoms with Gasteiger partial charge < -0.3 is 5.32 Å². The number of nitrogens with one attached hydrogen (secondary N) is 1. The van der Waals surface area contributed by atoms with Gasteiger partial charge in [-0.3, -0.25) is 9.69 Å². The topological polar surface area (TPSA) is 32.3 Å². The zero-order chi connectivity index (χ0) is 16.7. The summed E-state index contributed by atoms with van der Waals surface area (Å²) < 4.78 is 0. The molecule has 0 fully saturated rings. The van der Waals surface area contributed by atoms with Gasteiger partial charge in [-0.15, -0.1) is 0 Å². The lowest BCUT2D eigenvalue weighted by atomic mass is 10.2. The van der Waals surface area contributed by atoms with Crippen molar-refractivity contribution < 1.29 is 4.79 Å². The highest BCUT2D eigenvalue weighted by atomic mass is 35.5. The second-order valence-electron chi connectivity index (χ2n) is 5.61. The number of nitrogens with zero attached hydrogens (tertiary/aromatic N) is 1. The quantitative estimate of drug-likeness (QED) is 0.810. The van der Waals surface area contributed by atoms with Crippen LogP contribution in [0.25, 0.3) is 0 Å². The highest BCUT2D eigenvalue weighted by molar-refractivity contribution is 6.30. The predicted octanol–water partition coefficient (Wildman–Crippen LogP) is 4.50. The Labute approximate surface area is 143 Å². The van der Waals surface area contributed by atoms with Gasteiger partial charge in [0.05, 0.1) is 0 Å². The van der Waals surface area contributed by atoms with Crippen molar-refractivity contribution in [3.63, 3.8) is 0 Å². The molecule has 0 spiro atoms. The fraction of sp³-hybridized carbons (Fsp3) is 0.316. The average Bonchev–Trinajstić information content (AvgIpc) is 2.55. The number of amides is 1. The summed E-state index contributed by atoms with van der Waals surface area (Å²) in [6.07, 6.45) is 0.475. The van der Waals surface area contributed by atoms with Crippen LogP contribution in [-0.2, 0) is 11.3 Å². The third-order valence-corrected chi connectivity index (χ3v) is 4.05. The standard InChI is InChI=1S/C19H23ClN2O/c1-3-22(14-16-7-5-4-6-8-16)12-11-19(23)21-18-10-9-17(20)13-15(18)2/h4-10,13H,3,11-12,14H2,1-2H3,(H,21,23). The monoisotopic (exact) mass is 330 g/mol. The van der Waals surface area contributed by atoms with Crippen molar-refractivity contribution in [2.75, 3.05) is 18.4 Å². The lowest BCUT2D eigenvalue weighted by Crippen LogP contribution is -2.27. The van der Waals surface area contributed by atoms with Gasteiger partial charge in [-0.25, -0.2) is 0 Å². The second kappa shape index (κ2) is 8.70. The number of aryl methyl sites for hydroxylation is 1. The van der Waals surface area contributed by atoms with Crippen molar-refractivity contribution in [3.8, 4) is 0 Å². The van der Waals surface area contributed by atoms with E-state index in [1.165, 1.54) is 5.56 Å². The lowest BCUT2D eigenvalue weighted by molar-refractivity contribution is -0.116. The molecule has 0 atom stereocenters. The summed E-state index contributed by atoms with van der Waals surface area (Å²) in [5, 5.41) is 3.64. The molecule has 0 aliphatic carbocycles. The van der Waals surface area contributed by atoms with Crippen molar-refractivity contribution in [1.29, 1.82) is 0 Å². The third kappa shape index (κ3) is 5.70. The first-order chi connectivity index (χ1) is 11.1. The van der Waals surface area contributed by atoms with Gasteiger partial charge in [0.25, 0.3) is 0 Å². The Balaban J connectivity index is 1.84. The van der Waals surface area contributed by atoms with Crippen LogP contribution < -0.4 is 5.32 Å². The Hall–Kier alpha value is -1.84. The molecule has 3 nitrogen and oxygen atoms in total. The molecular weight excluding hydrogens is 308 g/mol. The molecule has 2 aromatic rings. The van der Waals surface area contributed by atoms with Gasteiger partial charge in [0.1, 0.15) is 0 Å². The van der Waals surface area contributed by atoms with Crippen molar-refractivity contribution in [3.05, 3.63) is 64.7 Å². The summed E-state index contributed by atoms with van der Waals surface area (Å²) in [6, 6.07) is 15.8. The SMILES string of the molecule is CCN(CCC(=O)Nc1ccc(Cl)cc1C)Cc1ccccc1. The molecule has 1 N–H and O–H groups in total. The van der Waals surface area contributed by atoms with Gasteiger partial charge in [0.2, 0.25) is 5.91 Å². The Bertz CT molecular complexity index is 643. The maximum Gasteiger partial charge on any atom is 0.225 e. The molecule has 0 radical (unpaired) electrons. The van der Waals surface area contributed by atoms with Crippen LogP contribution in [0, 0.1) is 6.92 Å². The fourth-order valence-electron chi connectivity index (χ4n) is 2.43. The molecule has 122 valence electrons. The summed E-state index contributed by atoms with van der Waals surface area (Å²) in [4.78, 5) is 14.4. The van der Waals surface area contributed by atoms with E-state index < -0.39 is 0 Å². The van der Waals surface area contributed by atoms with Crippen LogP contribution in [0.2, 0.25) is 5.02 Å². The molecule has 0 bridgehead atoms. The van der Waals surface area contributed by atoms with Crippen molar-refractivity contribution >= 4 is 23.2 Å². The molecule has 2 aromatic carbocycles. The molecule has 2 rings (SSSR count). The number of carbonyl (C=O) groups excluding carboxylic acids is 1. The summed E-state index contributed by atoms with van der Waals surface area (Å²) in [5.74, 6) is 0.0296. The Morgan fingerprint density at radius 2 is 1.91 bits per heavy atom. The van der Waals surface area contributed by atoms with Crippen LogP contribution in [0.3, 0.4) is 0 Å². The zero-order valence-electron chi connectivity index (χ0n) is 13.7. The first-order valence-electron chi connectivity index (χ1n) is 7.90. The fourth-order valence-corrected chi connectivity index (χ4v) is 2.66. The smallest absolute Gasteiger partial charge is 0.225 e. The van der Waals surface area contributed by atoms with Gasteiger partial charge in [-0.05, 0) is 42.8 Å². The van der Waals surface area contributed by atoms with Gasteiger partial charge in [0.15, 0.2) is 0 Å². The lowest BCUT2D eigenvalue weighted by Gasteiger charge is -2.20. The molecule has 0 heterocycles. The molecule has 0 aromatic heterocycles. The van der Waals surface area contributed by atoms with E-state index in [1.54, 1.807) is 6.07 Å². The van der Waals surface area contributed by atoms with Gasteiger partial charge in [-0.1, -0.05) is 48.9 Å². The first-order valence-corrected chi connectivity index (χ1v) is 8.28. The third-order valence-electron chi connectivity index (χ3n) is 3.81. The number of rotatable bonds is 7. The average molecular weight is 331 g/mol. The molecule has 1 amide bonds. The van der Waals surface area contributed by atoms with E-state index in [4.69, 9.17) is 11.6 Å². The van der Waals surface area contributed by atoms with Gasteiger partial charge >= 0.3 is 0 Å². The maximum atomic E-state index is 12.2. The normalized spacial score (nSPS) is 10.8. The van der Waals surface area contributed by atoms with Crippen molar-refractivity contribution in [2.45, 2.75) is 26.8 Å². The Kier molecular flexibility index (Phi) is 6.63. The van der Waals surface area contributed by atoms with Gasteiger partial charge in [0, 0.05) is 30.2 Å². The van der Waals surface area contributed by atoms with E-state index in [0.717, 1.165) is 30.9 Å². The van der Waals surface area contributed by atoms with E-state index in [2.05, 4.69) is 29.3 Å². The van der Waals surface area contributed by atoms with Crippen LogP contribution in [0.4, 0.5) is 5.69 Å².